The van der Waals surface area contributed by atoms with E-state index in [1.165, 1.54) is 12.1 Å². The Morgan fingerprint density at radius 2 is 2.10 bits per heavy atom. The minimum Gasteiger partial charge on any atom is -0.380 e. The average Bonchev–Trinajstić information content (AvgIpc) is 2.42. The first-order valence-corrected chi connectivity index (χ1v) is 6.32. The molecule has 0 radical (unpaired) electrons. The van der Waals surface area contributed by atoms with Crippen molar-refractivity contribution in [2.75, 3.05) is 12.4 Å². The van der Waals surface area contributed by atoms with Crippen LogP contribution < -0.4 is 5.32 Å². The molecule has 0 saturated carbocycles. The van der Waals surface area contributed by atoms with Gasteiger partial charge in [-0.1, -0.05) is 23.7 Å². The molecule has 2 rings (SSSR count). The van der Waals surface area contributed by atoms with E-state index in [2.05, 4.69) is 5.32 Å². The third-order valence-corrected chi connectivity index (χ3v) is 2.91. The number of methoxy groups -OCH3 is 1. The van der Waals surface area contributed by atoms with Gasteiger partial charge in [0.1, 0.15) is 5.82 Å². The van der Waals surface area contributed by atoms with Crippen molar-refractivity contribution in [3.05, 3.63) is 64.4 Å². The molecule has 2 aromatic carbocycles. The first-order valence-electron chi connectivity index (χ1n) is 5.94. The molecule has 1 amide bonds. The lowest BCUT2D eigenvalue weighted by Crippen LogP contribution is -2.13. The highest BCUT2D eigenvalue weighted by atomic mass is 35.5. The molecule has 0 heterocycles. The quantitative estimate of drug-likeness (QED) is 0.929. The summed E-state index contributed by atoms with van der Waals surface area (Å²) in [6.07, 6.45) is 0. The van der Waals surface area contributed by atoms with Crippen molar-refractivity contribution < 1.29 is 13.9 Å². The van der Waals surface area contributed by atoms with Crippen LogP contribution in [0.3, 0.4) is 0 Å². The van der Waals surface area contributed by atoms with Crippen LogP contribution in [0.25, 0.3) is 0 Å². The molecule has 0 atom stereocenters. The number of hydrogen-bond donors (Lipinski definition) is 1. The van der Waals surface area contributed by atoms with Crippen molar-refractivity contribution in [3.8, 4) is 0 Å². The zero-order chi connectivity index (χ0) is 14.5. The molecule has 0 fully saturated rings. The summed E-state index contributed by atoms with van der Waals surface area (Å²) in [7, 11) is 1.58. The van der Waals surface area contributed by atoms with Crippen molar-refractivity contribution in [1.29, 1.82) is 0 Å². The van der Waals surface area contributed by atoms with Gasteiger partial charge in [0.25, 0.3) is 5.91 Å². The highest BCUT2D eigenvalue weighted by molar-refractivity contribution is 6.30. The summed E-state index contributed by atoms with van der Waals surface area (Å²) in [5.74, 6) is -0.955. The largest absolute Gasteiger partial charge is 0.380 e. The highest BCUT2D eigenvalue weighted by Gasteiger charge is 2.10. The lowest BCUT2D eigenvalue weighted by Gasteiger charge is -2.08. The van der Waals surface area contributed by atoms with Crippen LogP contribution in [0.1, 0.15) is 15.9 Å². The summed E-state index contributed by atoms with van der Waals surface area (Å²) in [6, 6.07) is 11.0. The highest BCUT2D eigenvalue weighted by Crippen LogP contribution is 2.19. The van der Waals surface area contributed by atoms with E-state index in [9.17, 15) is 9.18 Å². The molecule has 2 aromatic rings. The topological polar surface area (TPSA) is 38.3 Å². The minimum atomic E-state index is -0.570. The van der Waals surface area contributed by atoms with Crippen LogP contribution in [0.5, 0.6) is 0 Å². The van der Waals surface area contributed by atoms with E-state index in [-0.39, 0.29) is 16.6 Å². The van der Waals surface area contributed by atoms with E-state index in [0.29, 0.717) is 12.2 Å². The monoisotopic (exact) mass is 293 g/mol. The zero-order valence-electron chi connectivity index (χ0n) is 10.8. The van der Waals surface area contributed by atoms with Gasteiger partial charge in [-0.25, -0.2) is 4.39 Å². The zero-order valence-corrected chi connectivity index (χ0v) is 11.6. The number of rotatable bonds is 4. The summed E-state index contributed by atoms with van der Waals surface area (Å²) < 4.78 is 18.6. The van der Waals surface area contributed by atoms with Gasteiger partial charge in [-0.3, -0.25) is 4.79 Å². The van der Waals surface area contributed by atoms with Gasteiger partial charge in [-0.15, -0.1) is 0 Å². The first-order chi connectivity index (χ1) is 9.60. The maximum Gasteiger partial charge on any atom is 0.255 e. The number of carbonyl (C=O) groups is 1. The van der Waals surface area contributed by atoms with Gasteiger partial charge < -0.3 is 10.1 Å². The first kappa shape index (κ1) is 14.5. The maximum atomic E-state index is 13.6. The minimum absolute atomic E-state index is 0.0940. The van der Waals surface area contributed by atoms with E-state index >= 15 is 0 Å². The molecule has 0 spiro atoms. The summed E-state index contributed by atoms with van der Waals surface area (Å²) in [4.78, 5) is 12.1. The SMILES string of the molecule is COCc1cccc(C(=O)Nc2ccc(Cl)cc2F)c1. The van der Waals surface area contributed by atoms with Crippen LogP contribution in [-0.2, 0) is 11.3 Å². The Kier molecular flexibility index (Phi) is 4.71. The second-order valence-electron chi connectivity index (χ2n) is 4.21. The van der Waals surface area contributed by atoms with Gasteiger partial charge in [0, 0.05) is 17.7 Å². The normalized spacial score (nSPS) is 10.3. The fourth-order valence-corrected chi connectivity index (χ4v) is 1.91. The van der Waals surface area contributed by atoms with Crippen LogP contribution in [0, 0.1) is 5.82 Å². The van der Waals surface area contributed by atoms with Gasteiger partial charge in [-0.05, 0) is 35.9 Å². The molecule has 3 nitrogen and oxygen atoms in total. The molecular formula is C15H13ClFNO2. The molecule has 5 heteroatoms. The van der Waals surface area contributed by atoms with Crippen molar-refractivity contribution in [2.45, 2.75) is 6.61 Å². The Morgan fingerprint density at radius 1 is 1.30 bits per heavy atom. The number of amides is 1. The molecule has 104 valence electrons. The van der Waals surface area contributed by atoms with Crippen molar-refractivity contribution in [1.82, 2.24) is 0 Å². The Labute approximate surface area is 121 Å². The molecule has 0 bridgehead atoms. The molecule has 1 N–H and O–H groups in total. The van der Waals surface area contributed by atoms with Gasteiger partial charge >= 0.3 is 0 Å². The Morgan fingerprint density at radius 3 is 2.80 bits per heavy atom. The number of hydrogen-bond acceptors (Lipinski definition) is 2. The predicted octanol–water partition coefficient (Wildman–Crippen LogP) is 3.88. The molecule has 0 aromatic heterocycles. The number of carbonyl (C=O) groups excluding carboxylic acids is 1. The molecule has 0 aliphatic heterocycles. The molecule has 20 heavy (non-hydrogen) atoms. The van der Waals surface area contributed by atoms with Crippen molar-refractivity contribution >= 4 is 23.2 Å². The van der Waals surface area contributed by atoms with E-state index in [1.807, 2.05) is 6.07 Å². The maximum absolute atomic E-state index is 13.6. The van der Waals surface area contributed by atoms with Crippen LogP contribution in [-0.4, -0.2) is 13.0 Å². The van der Waals surface area contributed by atoms with Gasteiger partial charge in [0.15, 0.2) is 0 Å². The number of benzene rings is 2. The summed E-state index contributed by atoms with van der Waals surface area (Å²) in [6.45, 7) is 0.413. The molecule has 0 unspecified atom stereocenters. The lowest BCUT2D eigenvalue weighted by molar-refractivity contribution is 0.102. The van der Waals surface area contributed by atoms with Gasteiger partial charge in [-0.2, -0.15) is 0 Å². The second-order valence-corrected chi connectivity index (χ2v) is 4.65. The fourth-order valence-electron chi connectivity index (χ4n) is 1.75. The van der Waals surface area contributed by atoms with Crippen LogP contribution in [0.2, 0.25) is 5.02 Å². The van der Waals surface area contributed by atoms with E-state index in [4.69, 9.17) is 16.3 Å². The Hall–Kier alpha value is -1.91. The number of halogens is 2. The molecule has 0 aliphatic rings. The third-order valence-electron chi connectivity index (χ3n) is 2.68. The van der Waals surface area contributed by atoms with Crippen LogP contribution in [0.15, 0.2) is 42.5 Å². The summed E-state index contributed by atoms with van der Waals surface area (Å²) >= 11 is 5.66. The second kappa shape index (κ2) is 6.50. The van der Waals surface area contributed by atoms with Crippen molar-refractivity contribution in [3.63, 3.8) is 0 Å². The van der Waals surface area contributed by atoms with Crippen molar-refractivity contribution in [2.24, 2.45) is 0 Å². The van der Waals surface area contributed by atoms with E-state index in [0.717, 1.165) is 11.6 Å². The fraction of sp³-hybridized carbons (Fsp3) is 0.133. The predicted molar refractivity (Wildman–Crippen MR) is 76.5 cm³/mol. The molecule has 0 aliphatic carbocycles. The standard InChI is InChI=1S/C15H13ClFNO2/c1-20-9-10-3-2-4-11(7-10)15(19)18-14-6-5-12(16)8-13(14)17/h2-8H,9H2,1H3,(H,18,19). The molecule has 0 saturated heterocycles. The van der Waals surface area contributed by atoms with E-state index < -0.39 is 5.82 Å². The molecular weight excluding hydrogens is 281 g/mol. The summed E-state index contributed by atoms with van der Waals surface area (Å²) in [5.41, 5.74) is 1.40. The number of nitrogens with one attached hydrogen (secondary N) is 1. The van der Waals surface area contributed by atoms with Crippen LogP contribution >= 0.6 is 11.6 Å². The van der Waals surface area contributed by atoms with Crippen LogP contribution in [0.4, 0.5) is 10.1 Å². The lowest BCUT2D eigenvalue weighted by atomic mass is 10.1. The smallest absolute Gasteiger partial charge is 0.255 e. The van der Waals surface area contributed by atoms with Gasteiger partial charge in [0.2, 0.25) is 0 Å². The average molecular weight is 294 g/mol. The number of anilines is 1. The number of ether oxygens (including phenoxy) is 1. The van der Waals surface area contributed by atoms with Gasteiger partial charge in [0.05, 0.1) is 12.3 Å². The Bertz CT molecular complexity index is 631. The summed E-state index contributed by atoms with van der Waals surface area (Å²) in [5, 5.41) is 2.79. The third kappa shape index (κ3) is 3.56. The van der Waals surface area contributed by atoms with E-state index in [1.54, 1.807) is 25.3 Å². The Balaban J connectivity index is 2.17.